The topological polar surface area (TPSA) is 83.1 Å². The molecule has 0 aromatic carbocycles. The molecule has 0 aliphatic heterocycles. The molecule has 0 spiro atoms. The number of esters is 1. The number of carbonyl (C=O) groups is 1. The van der Waals surface area contributed by atoms with E-state index in [4.69, 9.17) is 9.15 Å². The van der Waals surface area contributed by atoms with Crippen molar-refractivity contribution in [1.29, 1.82) is 0 Å². The largest absolute Gasteiger partial charge is 0.469 e. The Bertz CT molecular complexity index is 948. The highest BCUT2D eigenvalue weighted by molar-refractivity contribution is 5.72. The first-order valence-corrected chi connectivity index (χ1v) is 23.8. The molecule has 0 saturated heterocycles. The number of hydrogen-bond acceptors (Lipinski definition) is 6. The number of unbranched alkanes of at least 4 members (excludes halogenated alkanes) is 19. The molecule has 1 rings (SSSR count). The lowest BCUT2D eigenvalue weighted by Crippen LogP contribution is -2.34. The third-order valence-corrected chi connectivity index (χ3v) is 11.4. The van der Waals surface area contributed by atoms with E-state index in [1.165, 1.54) is 126 Å². The van der Waals surface area contributed by atoms with Crippen molar-refractivity contribution in [2.24, 2.45) is 5.92 Å². The Balaban J connectivity index is 2.49. The minimum Gasteiger partial charge on any atom is -0.469 e. The first-order chi connectivity index (χ1) is 26.5. The van der Waals surface area contributed by atoms with Gasteiger partial charge < -0.3 is 24.3 Å². The predicted octanol–water partition coefficient (Wildman–Crippen LogP) is 13.1. The normalized spacial score (nSPS) is 12.9. The second-order valence-electron chi connectivity index (χ2n) is 16.6. The summed E-state index contributed by atoms with van der Waals surface area (Å²) in [7, 11) is 0. The van der Waals surface area contributed by atoms with Gasteiger partial charge in [-0.3, -0.25) is 4.79 Å². The first-order valence-electron chi connectivity index (χ1n) is 23.8. The molecular weight excluding hydrogens is 671 g/mol. The fourth-order valence-corrected chi connectivity index (χ4v) is 7.90. The molecule has 2 atom stereocenters. The van der Waals surface area contributed by atoms with E-state index in [-0.39, 0.29) is 24.6 Å². The smallest absolute Gasteiger partial charge is 0.308 e. The van der Waals surface area contributed by atoms with Crippen molar-refractivity contribution in [2.45, 2.75) is 239 Å². The van der Waals surface area contributed by atoms with Crippen LogP contribution in [-0.4, -0.2) is 60.0 Å². The molecular formula is C48H91NO5. The third kappa shape index (κ3) is 27.3. The van der Waals surface area contributed by atoms with Crippen molar-refractivity contribution in [3.8, 4) is 0 Å². The second-order valence-corrected chi connectivity index (χ2v) is 16.6. The van der Waals surface area contributed by atoms with Gasteiger partial charge in [-0.25, -0.2) is 0 Å². The summed E-state index contributed by atoms with van der Waals surface area (Å²) in [4.78, 5) is 15.4. The zero-order valence-electron chi connectivity index (χ0n) is 36.5. The summed E-state index contributed by atoms with van der Waals surface area (Å²) >= 11 is 0. The molecule has 0 aliphatic rings. The Morgan fingerprint density at radius 3 is 1.76 bits per heavy atom. The quantitative estimate of drug-likeness (QED) is 0.0511. The standard InChI is InChI=1S/C48H91NO5/c1-5-9-13-17-19-23-32-43(31-21-15-11-7-3)48(52)53-40-30-26-34-45(51)41-49(38-28-29-39-50)37-27-20-25-36-47-46(35-24-18-14-10-6-2)44(42-54-47)33-22-16-12-8-4/h42-43,45,50-51H,5-41H2,1-4H3. The number of hydrogen-bond donors (Lipinski definition) is 2. The van der Waals surface area contributed by atoms with Crippen molar-refractivity contribution in [3.63, 3.8) is 0 Å². The van der Waals surface area contributed by atoms with Gasteiger partial charge in [0.25, 0.3) is 0 Å². The first kappa shape index (κ1) is 50.6. The second kappa shape index (κ2) is 37.2. The molecule has 0 bridgehead atoms. The molecule has 2 unspecified atom stereocenters. The monoisotopic (exact) mass is 762 g/mol. The molecule has 0 aliphatic carbocycles. The van der Waals surface area contributed by atoms with Crippen LogP contribution in [0.5, 0.6) is 0 Å². The van der Waals surface area contributed by atoms with Crippen LogP contribution in [0.2, 0.25) is 0 Å². The highest BCUT2D eigenvalue weighted by Crippen LogP contribution is 2.25. The fraction of sp³-hybridized carbons (Fsp3) is 0.896. The van der Waals surface area contributed by atoms with E-state index in [0.29, 0.717) is 13.2 Å². The van der Waals surface area contributed by atoms with Gasteiger partial charge in [0, 0.05) is 19.6 Å². The molecule has 1 aromatic heterocycles. The van der Waals surface area contributed by atoms with Crippen LogP contribution < -0.4 is 0 Å². The molecule has 2 N–H and O–H groups in total. The van der Waals surface area contributed by atoms with Crippen LogP contribution >= 0.6 is 0 Å². The molecule has 0 saturated carbocycles. The zero-order chi connectivity index (χ0) is 39.3. The number of nitrogens with zero attached hydrogens (tertiary/aromatic N) is 1. The van der Waals surface area contributed by atoms with Crippen LogP contribution in [0.4, 0.5) is 0 Å². The Morgan fingerprint density at radius 2 is 1.11 bits per heavy atom. The van der Waals surface area contributed by atoms with Crippen molar-refractivity contribution >= 4 is 5.97 Å². The maximum absolute atomic E-state index is 13.0. The average Bonchev–Trinajstić information content (AvgIpc) is 3.55. The van der Waals surface area contributed by atoms with Crippen molar-refractivity contribution in [3.05, 3.63) is 23.2 Å². The fourth-order valence-electron chi connectivity index (χ4n) is 7.90. The van der Waals surface area contributed by atoms with Gasteiger partial charge in [-0.05, 0) is 108 Å². The molecule has 0 radical (unpaired) electrons. The average molecular weight is 762 g/mol. The lowest BCUT2D eigenvalue weighted by molar-refractivity contribution is -0.149. The highest BCUT2D eigenvalue weighted by atomic mass is 16.5. The van der Waals surface area contributed by atoms with Gasteiger partial charge in [0.15, 0.2) is 0 Å². The summed E-state index contributed by atoms with van der Waals surface area (Å²) in [5.41, 5.74) is 2.98. The number of ether oxygens (including phenoxy) is 1. The SMILES string of the molecule is CCCCCCCCC(CCCCCC)C(=O)OCCCCC(O)CN(CCCCO)CCCCCc1occ(CCCCCC)c1CCCCCCC. The number of furan rings is 1. The van der Waals surface area contributed by atoms with Crippen LogP contribution in [-0.2, 0) is 28.8 Å². The molecule has 6 nitrogen and oxygen atoms in total. The predicted molar refractivity (Wildman–Crippen MR) is 230 cm³/mol. The zero-order valence-corrected chi connectivity index (χ0v) is 36.5. The van der Waals surface area contributed by atoms with Gasteiger partial charge in [-0.15, -0.1) is 0 Å². The molecule has 54 heavy (non-hydrogen) atoms. The van der Waals surface area contributed by atoms with E-state index in [9.17, 15) is 15.0 Å². The van der Waals surface area contributed by atoms with Gasteiger partial charge >= 0.3 is 5.97 Å². The van der Waals surface area contributed by atoms with E-state index < -0.39 is 0 Å². The summed E-state index contributed by atoms with van der Waals surface area (Å²) in [5, 5.41) is 20.3. The van der Waals surface area contributed by atoms with Crippen molar-refractivity contribution in [2.75, 3.05) is 32.8 Å². The van der Waals surface area contributed by atoms with Gasteiger partial charge in [0.05, 0.1) is 24.9 Å². The van der Waals surface area contributed by atoms with Crippen LogP contribution in [0.1, 0.15) is 231 Å². The number of aliphatic hydroxyl groups excluding tert-OH is 2. The van der Waals surface area contributed by atoms with Crippen LogP contribution in [0.15, 0.2) is 10.7 Å². The summed E-state index contributed by atoms with van der Waals surface area (Å²) in [5.74, 6) is 1.28. The maximum Gasteiger partial charge on any atom is 0.308 e. The molecule has 0 fully saturated rings. The van der Waals surface area contributed by atoms with Gasteiger partial charge in [0.2, 0.25) is 0 Å². The molecule has 318 valence electrons. The Labute approximate surface area is 335 Å². The molecule has 1 heterocycles. The minimum atomic E-state index is -0.382. The number of aryl methyl sites for hydroxylation is 2. The van der Waals surface area contributed by atoms with E-state index in [2.05, 4.69) is 38.9 Å². The van der Waals surface area contributed by atoms with Gasteiger partial charge in [0.1, 0.15) is 5.76 Å². The summed E-state index contributed by atoms with van der Waals surface area (Å²) in [6.07, 6.45) is 38.5. The Kier molecular flexibility index (Phi) is 34.9. The van der Waals surface area contributed by atoms with Crippen molar-refractivity contribution < 1.29 is 24.2 Å². The summed E-state index contributed by atoms with van der Waals surface area (Å²) < 4.78 is 12.0. The van der Waals surface area contributed by atoms with Crippen LogP contribution in [0, 0.1) is 5.92 Å². The molecule has 0 amide bonds. The van der Waals surface area contributed by atoms with E-state index >= 15 is 0 Å². The molecule has 6 heteroatoms. The minimum absolute atomic E-state index is 0.00388. The summed E-state index contributed by atoms with van der Waals surface area (Å²) in [6.45, 7) is 12.3. The Morgan fingerprint density at radius 1 is 0.611 bits per heavy atom. The number of carbonyl (C=O) groups excluding carboxylic acids is 1. The van der Waals surface area contributed by atoms with Gasteiger partial charge in [-0.1, -0.05) is 143 Å². The number of rotatable bonds is 41. The van der Waals surface area contributed by atoms with Crippen LogP contribution in [0.25, 0.3) is 0 Å². The third-order valence-electron chi connectivity index (χ3n) is 11.4. The van der Waals surface area contributed by atoms with E-state index in [0.717, 1.165) is 109 Å². The van der Waals surface area contributed by atoms with Crippen LogP contribution in [0.3, 0.4) is 0 Å². The Hall–Kier alpha value is -1.37. The maximum atomic E-state index is 13.0. The van der Waals surface area contributed by atoms with E-state index in [1.807, 2.05) is 0 Å². The van der Waals surface area contributed by atoms with E-state index in [1.54, 1.807) is 0 Å². The molecule has 1 aromatic rings. The lowest BCUT2D eigenvalue weighted by atomic mass is 9.94. The van der Waals surface area contributed by atoms with Crippen molar-refractivity contribution in [1.82, 2.24) is 4.90 Å². The number of aliphatic hydroxyl groups is 2. The summed E-state index contributed by atoms with van der Waals surface area (Å²) in [6, 6.07) is 0. The lowest BCUT2D eigenvalue weighted by Gasteiger charge is -2.25. The van der Waals surface area contributed by atoms with Gasteiger partial charge in [-0.2, -0.15) is 0 Å². The highest BCUT2D eigenvalue weighted by Gasteiger charge is 2.20.